The van der Waals surface area contributed by atoms with Crippen molar-refractivity contribution in [2.75, 3.05) is 11.8 Å². The first-order chi connectivity index (χ1) is 9.98. The molecule has 1 N–H and O–H groups in total. The largest absolute Gasteiger partial charge is 0.380 e. The van der Waals surface area contributed by atoms with Crippen LogP contribution in [0.15, 0.2) is 48.5 Å². The molecule has 0 atom stereocenters. The van der Waals surface area contributed by atoms with Crippen LogP contribution in [0.3, 0.4) is 0 Å². The van der Waals surface area contributed by atoms with Crippen molar-refractivity contribution in [2.45, 2.75) is 12.4 Å². The highest BCUT2D eigenvalue weighted by atomic mass is 32.2. The van der Waals surface area contributed by atoms with E-state index in [1.54, 1.807) is 25.3 Å². The monoisotopic (exact) mass is 309 g/mol. The molecule has 0 heterocycles. The minimum atomic E-state index is -3.55. The molecule has 0 saturated heterocycles. The Morgan fingerprint density at radius 2 is 1.81 bits per heavy atom. The molecule has 2 rings (SSSR count). The topological polar surface area (TPSA) is 55.4 Å². The lowest BCUT2D eigenvalue weighted by Gasteiger charge is -2.09. The highest BCUT2D eigenvalue weighted by Gasteiger charge is 2.12. The molecule has 4 nitrogen and oxygen atoms in total. The molecule has 0 aromatic heterocycles. The van der Waals surface area contributed by atoms with E-state index in [0.717, 1.165) is 5.56 Å². The second-order valence-corrected chi connectivity index (χ2v) is 6.34. The molecule has 0 bridgehead atoms. The van der Waals surface area contributed by atoms with Gasteiger partial charge in [0.25, 0.3) is 0 Å². The van der Waals surface area contributed by atoms with Crippen LogP contribution in [-0.4, -0.2) is 15.5 Å². The Bertz CT molecular complexity index is 699. The molecule has 0 fully saturated rings. The van der Waals surface area contributed by atoms with E-state index in [0.29, 0.717) is 17.9 Å². The van der Waals surface area contributed by atoms with Crippen LogP contribution in [0.25, 0.3) is 0 Å². The van der Waals surface area contributed by atoms with Crippen molar-refractivity contribution in [3.05, 3.63) is 65.5 Å². The smallest absolute Gasteiger partial charge is 0.236 e. The van der Waals surface area contributed by atoms with Gasteiger partial charge in [-0.05, 0) is 35.4 Å². The number of hydrogen-bond donors (Lipinski definition) is 1. The minimum Gasteiger partial charge on any atom is -0.380 e. The van der Waals surface area contributed by atoms with Gasteiger partial charge in [-0.15, -0.1) is 0 Å². The highest BCUT2D eigenvalue weighted by molar-refractivity contribution is 7.91. The average Bonchev–Trinajstić information content (AvgIpc) is 2.41. The number of sulfonamides is 1. The number of hydrogen-bond acceptors (Lipinski definition) is 3. The first-order valence-corrected chi connectivity index (χ1v) is 7.96. The summed E-state index contributed by atoms with van der Waals surface area (Å²) < 4.78 is 44.5. The van der Waals surface area contributed by atoms with Crippen molar-refractivity contribution in [3.8, 4) is 0 Å². The number of halogens is 1. The predicted octanol–water partition coefficient (Wildman–Crippen LogP) is 2.91. The summed E-state index contributed by atoms with van der Waals surface area (Å²) in [5, 5.41) is 0. The molecule has 0 amide bonds. The summed E-state index contributed by atoms with van der Waals surface area (Å²) in [4.78, 5) is 0. The zero-order valence-corrected chi connectivity index (χ0v) is 12.4. The quantitative estimate of drug-likeness (QED) is 0.892. The van der Waals surface area contributed by atoms with Gasteiger partial charge in [0, 0.05) is 12.8 Å². The Morgan fingerprint density at radius 1 is 1.10 bits per heavy atom. The molecule has 112 valence electrons. The van der Waals surface area contributed by atoms with Crippen molar-refractivity contribution in [1.82, 2.24) is 0 Å². The molecular weight excluding hydrogens is 293 g/mol. The van der Waals surface area contributed by atoms with Gasteiger partial charge >= 0.3 is 0 Å². The van der Waals surface area contributed by atoms with Crippen LogP contribution in [0, 0.1) is 5.82 Å². The van der Waals surface area contributed by atoms with Crippen LogP contribution in [-0.2, 0) is 27.1 Å². The van der Waals surface area contributed by atoms with E-state index < -0.39 is 15.8 Å². The third-order valence-corrected chi connectivity index (χ3v) is 4.04. The van der Waals surface area contributed by atoms with Gasteiger partial charge in [-0.2, -0.15) is 0 Å². The van der Waals surface area contributed by atoms with Crippen molar-refractivity contribution in [3.63, 3.8) is 0 Å². The van der Waals surface area contributed by atoms with Gasteiger partial charge in [0.05, 0.1) is 12.4 Å². The zero-order chi connectivity index (χ0) is 15.3. The Hall–Kier alpha value is -1.92. The van der Waals surface area contributed by atoms with E-state index in [9.17, 15) is 12.8 Å². The van der Waals surface area contributed by atoms with Gasteiger partial charge in [-0.1, -0.05) is 24.3 Å². The molecule has 0 aliphatic rings. The fourth-order valence-corrected chi connectivity index (χ4v) is 3.10. The second kappa shape index (κ2) is 6.69. The Labute approximate surface area is 123 Å². The Morgan fingerprint density at radius 3 is 2.48 bits per heavy atom. The van der Waals surface area contributed by atoms with E-state index in [1.165, 1.54) is 24.3 Å². The maximum absolute atomic E-state index is 12.8. The molecule has 0 aliphatic heterocycles. The molecule has 2 aromatic carbocycles. The van der Waals surface area contributed by atoms with Gasteiger partial charge in [0.15, 0.2) is 0 Å². The molecule has 21 heavy (non-hydrogen) atoms. The highest BCUT2D eigenvalue weighted by Crippen LogP contribution is 2.15. The first kappa shape index (κ1) is 15.5. The summed E-state index contributed by atoms with van der Waals surface area (Å²) in [6, 6.07) is 12.4. The average molecular weight is 309 g/mol. The van der Waals surface area contributed by atoms with E-state index in [4.69, 9.17) is 4.74 Å². The van der Waals surface area contributed by atoms with Crippen LogP contribution in [0.5, 0.6) is 0 Å². The van der Waals surface area contributed by atoms with Crippen LogP contribution in [0.4, 0.5) is 10.1 Å². The number of nitrogens with one attached hydrogen (secondary N) is 1. The van der Waals surface area contributed by atoms with Gasteiger partial charge in [0.2, 0.25) is 10.0 Å². The summed E-state index contributed by atoms with van der Waals surface area (Å²) in [6.45, 7) is 0.410. The fourth-order valence-electron chi connectivity index (χ4n) is 1.91. The lowest BCUT2D eigenvalue weighted by Crippen LogP contribution is -2.15. The molecule has 0 unspecified atom stereocenters. The summed E-state index contributed by atoms with van der Waals surface area (Å²) in [6.07, 6.45) is 0. The molecule has 0 radical (unpaired) electrons. The standard InChI is InChI=1S/C15H16FNO3S/c1-20-10-13-3-2-4-15(9-13)17-21(18,19)11-12-5-7-14(16)8-6-12/h2-9,17H,10-11H2,1H3. The third-order valence-electron chi connectivity index (χ3n) is 2.78. The Kier molecular flexibility index (Phi) is 4.93. The van der Waals surface area contributed by atoms with Crippen molar-refractivity contribution in [1.29, 1.82) is 0 Å². The van der Waals surface area contributed by atoms with Crippen molar-refractivity contribution >= 4 is 15.7 Å². The molecule has 0 saturated carbocycles. The van der Waals surface area contributed by atoms with Crippen molar-refractivity contribution < 1.29 is 17.5 Å². The first-order valence-electron chi connectivity index (χ1n) is 6.31. The lowest BCUT2D eigenvalue weighted by atomic mass is 10.2. The summed E-state index contributed by atoms with van der Waals surface area (Å²) in [5.74, 6) is -0.599. The van der Waals surface area contributed by atoms with E-state index >= 15 is 0 Å². The maximum atomic E-state index is 12.8. The number of methoxy groups -OCH3 is 1. The summed E-state index contributed by atoms with van der Waals surface area (Å²) in [7, 11) is -1.97. The van der Waals surface area contributed by atoms with E-state index in [2.05, 4.69) is 4.72 Å². The van der Waals surface area contributed by atoms with E-state index in [1.807, 2.05) is 6.07 Å². The normalized spacial score (nSPS) is 11.3. The number of benzene rings is 2. The van der Waals surface area contributed by atoms with Crippen LogP contribution in [0.1, 0.15) is 11.1 Å². The van der Waals surface area contributed by atoms with Crippen LogP contribution in [0.2, 0.25) is 0 Å². The third kappa shape index (κ3) is 4.84. The van der Waals surface area contributed by atoms with Gasteiger partial charge < -0.3 is 4.74 Å². The van der Waals surface area contributed by atoms with E-state index in [-0.39, 0.29) is 5.75 Å². The molecule has 0 spiro atoms. The fraction of sp³-hybridized carbons (Fsp3) is 0.200. The van der Waals surface area contributed by atoms with Crippen molar-refractivity contribution in [2.24, 2.45) is 0 Å². The Balaban J connectivity index is 2.10. The number of rotatable bonds is 6. The van der Waals surface area contributed by atoms with Gasteiger partial charge in [-0.3, -0.25) is 4.72 Å². The molecule has 0 aliphatic carbocycles. The summed E-state index contributed by atoms with van der Waals surface area (Å²) in [5.41, 5.74) is 1.88. The van der Waals surface area contributed by atoms with Gasteiger partial charge in [-0.25, -0.2) is 12.8 Å². The molecule has 2 aromatic rings. The zero-order valence-electron chi connectivity index (χ0n) is 11.5. The summed E-state index contributed by atoms with van der Waals surface area (Å²) >= 11 is 0. The maximum Gasteiger partial charge on any atom is 0.236 e. The van der Waals surface area contributed by atoms with Crippen LogP contribution >= 0.6 is 0 Å². The predicted molar refractivity (Wildman–Crippen MR) is 79.8 cm³/mol. The van der Waals surface area contributed by atoms with Gasteiger partial charge in [0.1, 0.15) is 5.82 Å². The lowest BCUT2D eigenvalue weighted by molar-refractivity contribution is 0.185. The molecular formula is C15H16FNO3S. The minimum absolute atomic E-state index is 0.207. The second-order valence-electron chi connectivity index (χ2n) is 4.62. The SMILES string of the molecule is COCc1cccc(NS(=O)(=O)Cc2ccc(F)cc2)c1. The number of anilines is 1. The van der Waals surface area contributed by atoms with Crippen LogP contribution < -0.4 is 4.72 Å². The number of ether oxygens (including phenoxy) is 1. The molecule has 6 heteroatoms.